The largest absolute Gasteiger partial charge is 0.493 e. The first-order valence-electron chi connectivity index (χ1n) is 11.6. The second kappa shape index (κ2) is 11.3. The Hall–Kier alpha value is -3.04. The normalized spacial score (nSPS) is 14.2. The highest BCUT2D eigenvalue weighted by atomic mass is 35.5. The Balaban J connectivity index is 1.89. The first-order chi connectivity index (χ1) is 16.9. The number of hydrogen-bond donors (Lipinski definition) is 2. The summed E-state index contributed by atoms with van der Waals surface area (Å²) in [4.78, 5) is 12.7. The molecular weight excluding hydrogens is 493 g/mol. The van der Waals surface area contributed by atoms with Gasteiger partial charge in [-0.15, -0.1) is 0 Å². The first-order valence-corrected chi connectivity index (χ1v) is 12.0. The number of aryl methyl sites for hydroxylation is 1. The number of amides is 1. The monoisotopic (exact) mass is 522 g/mol. The maximum atomic E-state index is 13.1. The third-order valence-corrected chi connectivity index (χ3v) is 6.58. The molecule has 3 aromatic rings. The molecule has 36 heavy (non-hydrogen) atoms. The van der Waals surface area contributed by atoms with Gasteiger partial charge in [-0.05, 0) is 42.3 Å². The van der Waals surface area contributed by atoms with Gasteiger partial charge in [0.2, 0.25) is 0 Å². The molecule has 0 fully saturated rings. The number of ether oxygens (including phenoxy) is 1. The molecule has 1 aromatic heterocycles. The van der Waals surface area contributed by atoms with E-state index in [-0.39, 0.29) is 17.5 Å². The highest BCUT2D eigenvalue weighted by Crippen LogP contribution is 2.37. The summed E-state index contributed by atoms with van der Waals surface area (Å²) in [5.41, 5.74) is 6.85. The zero-order chi connectivity index (χ0) is 26.6. The van der Waals surface area contributed by atoms with E-state index in [1.165, 1.54) is 18.3 Å². The number of alkyl halides is 3. The number of benzene rings is 2. The van der Waals surface area contributed by atoms with Crippen molar-refractivity contribution in [3.63, 3.8) is 0 Å². The molecule has 0 saturated heterocycles. The average molecular weight is 523 g/mol. The van der Waals surface area contributed by atoms with Crippen molar-refractivity contribution < 1.29 is 22.7 Å². The number of halogens is 4. The summed E-state index contributed by atoms with van der Waals surface area (Å²) in [6.07, 6.45) is -2.09. The van der Waals surface area contributed by atoms with Gasteiger partial charge in [-0.25, -0.2) is 0 Å². The molecule has 0 aliphatic carbocycles. The molecule has 6 nitrogen and oxygen atoms in total. The fourth-order valence-electron chi connectivity index (χ4n) is 3.84. The summed E-state index contributed by atoms with van der Waals surface area (Å²) in [5.74, 6) is 0.254. The van der Waals surface area contributed by atoms with Gasteiger partial charge < -0.3 is 15.8 Å². The predicted octanol–water partition coefficient (Wildman–Crippen LogP) is 6.40. The van der Waals surface area contributed by atoms with E-state index in [0.717, 1.165) is 18.6 Å². The van der Waals surface area contributed by atoms with Crippen LogP contribution in [0, 0.1) is 11.8 Å². The minimum Gasteiger partial charge on any atom is -0.493 e. The van der Waals surface area contributed by atoms with Gasteiger partial charge in [0.15, 0.2) is 0 Å². The van der Waals surface area contributed by atoms with Gasteiger partial charge in [-0.3, -0.25) is 9.48 Å². The Labute approximate surface area is 213 Å². The van der Waals surface area contributed by atoms with E-state index in [2.05, 4.69) is 24.3 Å². The van der Waals surface area contributed by atoms with Crippen LogP contribution in [-0.2, 0) is 13.2 Å². The maximum Gasteiger partial charge on any atom is 0.416 e. The zero-order valence-corrected chi connectivity index (χ0v) is 21.3. The number of nitrogens with one attached hydrogen (secondary N) is 1. The molecular formula is C26H30ClF3N4O2. The molecule has 0 aliphatic heterocycles. The summed E-state index contributed by atoms with van der Waals surface area (Å²) in [6.45, 7) is 6.58. The van der Waals surface area contributed by atoms with Gasteiger partial charge >= 0.3 is 6.18 Å². The van der Waals surface area contributed by atoms with Crippen molar-refractivity contribution in [1.29, 1.82) is 0 Å². The average Bonchev–Trinajstić information content (AvgIpc) is 3.18. The summed E-state index contributed by atoms with van der Waals surface area (Å²) in [5, 5.41) is 7.22. The number of nitrogens with two attached hydrogens (primary N) is 1. The Bertz CT molecular complexity index is 1190. The van der Waals surface area contributed by atoms with E-state index < -0.39 is 17.6 Å². The van der Waals surface area contributed by atoms with Crippen LogP contribution in [0.2, 0.25) is 5.02 Å². The molecule has 3 atom stereocenters. The van der Waals surface area contributed by atoms with Crippen molar-refractivity contribution in [3.05, 3.63) is 64.8 Å². The quantitative estimate of drug-likeness (QED) is 0.340. The number of rotatable bonds is 9. The molecule has 3 N–H and O–H groups in total. The van der Waals surface area contributed by atoms with Crippen molar-refractivity contribution in [1.82, 2.24) is 9.78 Å². The van der Waals surface area contributed by atoms with Crippen LogP contribution >= 0.6 is 11.6 Å². The highest BCUT2D eigenvalue weighted by Gasteiger charge is 2.31. The van der Waals surface area contributed by atoms with Crippen molar-refractivity contribution in [2.75, 3.05) is 11.9 Å². The van der Waals surface area contributed by atoms with Crippen LogP contribution in [0.15, 0.2) is 48.7 Å². The molecule has 1 heterocycles. The van der Waals surface area contributed by atoms with E-state index in [0.29, 0.717) is 40.2 Å². The summed E-state index contributed by atoms with van der Waals surface area (Å²) in [7, 11) is 1.72. The fraction of sp³-hybridized carbons (Fsp3) is 0.385. The molecule has 0 radical (unpaired) electrons. The van der Waals surface area contributed by atoms with Crippen molar-refractivity contribution in [2.24, 2.45) is 24.6 Å². The van der Waals surface area contributed by atoms with Crippen LogP contribution < -0.4 is 15.8 Å². The Morgan fingerprint density at radius 1 is 1.19 bits per heavy atom. The van der Waals surface area contributed by atoms with E-state index >= 15 is 0 Å². The zero-order valence-electron chi connectivity index (χ0n) is 20.6. The molecule has 0 saturated carbocycles. The molecule has 3 rings (SSSR count). The Morgan fingerprint density at radius 2 is 1.92 bits per heavy atom. The lowest BCUT2D eigenvalue weighted by molar-refractivity contribution is -0.137. The lowest BCUT2D eigenvalue weighted by Crippen LogP contribution is -2.37. The lowest BCUT2D eigenvalue weighted by atomic mass is 9.90. The van der Waals surface area contributed by atoms with Gasteiger partial charge in [-0.2, -0.15) is 18.3 Å². The molecule has 2 aromatic carbocycles. The standard InChI is InChI=1S/C26H30ClF3N4O2/c1-5-15(2)23(31)16(3)14-36-22-10-9-19(12-20(22)24-21(27)13-32-34(24)4)33-25(35)17-7-6-8-18(11-17)26(28,29)30/h6-13,15-16,23H,5,14,31H2,1-4H3,(H,33,35). The predicted molar refractivity (Wildman–Crippen MR) is 135 cm³/mol. The van der Waals surface area contributed by atoms with Crippen LogP contribution in [-0.4, -0.2) is 28.3 Å². The van der Waals surface area contributed by atoms with E-state index in [4.69, 9.17) is 22.1 Å². The second-order valence-electron chi connectivity index (χ2n) is 8.96. The van der Waals surface area contributed by atoms with Crippen LogP contribution in [0.25, 0.3) is 11.3 Å². The Morgan fingerprint density at radius 3 is 2.53 bits per heavy atom. The minimum atomic E-state index is -4.55. The van der Waals surface area contributed by atoms with Crippen LogP contribution in [0.1, 0.15) is 43.1 Å². The number of anilines is 1. The van der Waals surface area contributed by atoms with E-state index in [1.54, 1.807) is 29.9 Å². The highest BCUT2D eigenvalue weighted by molar-refractivity contribution is 6.33. The van der Waals surface area contributed by atoms with Gasteiger partial charge in [0.05, 0.1) is 29.1 Å². The lowest BCUT2D eigenvalue weighted by Gasteiger charge is -2.25. The Kier molecular flexibility index (Phi) is 8.68. The number of aromatic nitrogens is 2. The van der Waals surface area contributed by atoms with Crippen molar-refractivity contribution in [2.45, 2.75) is 39.4 Å². The van der Waals surface area contributed by atoms with Crippen molar-refractivity contribution in [3.8, 4) is 17.0 Å². The molecule has 10 heteroatoms. The summed E-state index contributed by atoms with van der Waals surface area (Å²) in [6, 6.07) is 9.17. The van der Waals surface area contributed by atoms with Gasteiger partial charge in [-0.1, -0.05) is 44.9 Å². The first kappa shape index (κ1) is 27.5. The van der Waals surface area contributed by atoms with Crippen LogP contribution in [0.5, 0.6) is 5.75 Å². The smallest absolute Gasteiger partial charge is 0.416 e. The summed E-state index contributed by atoms with van der Waals surface area (Å²) >= 11 is 6.39. The third kappa shape index (κ3) is 6.39. The van der Waals surface area contributed by atoms with Gasteiger partial charge in [0.1, 0.15) is 5.75 Å². The molecule has 3 unspecified atom stereocenters. The van der Waals surface area contributed by atoms with Crippen LogP contribution in [0.3, 0.4) is 0 Å². The second-order valence-corrected chi connectivity index (χ2v) is 9.37. The SMILES string of the molecule is CCC(C)C(N)C(C)COc1ccc(NC(=O)c2cccc(C(F)(F)F)c2)cc1-c1c(Cl)cnn1C. The van der Waals surface area contributed by atoms with Gasteiger partial charge in [0, 0.05) is 35.8 Å². The number of hydrogen-bond acceptors (Lipinski definition) is 4. The van der Waals surface area contributed by atoms with Crippen LogP contribution in [0.4, 0.5) is 18.9 Å². The number of carbonyl (C=O) groups is 1. The molecule has 194 valence electrons. The fourth-order valence-corrected chi connectivity index (χ4v) is 4.11. The molecule has 0 spiro atoms. The number of carbonyl (C=O) groups excluding carboxylic acids is 1. The maximum absolute atomic E-state index is 13.1. The van der Waals surface area contributed by atoms with Gasteiger partial charge in [0.25, 0.3) is 5.91 Å². The molecule has 0 aliphatic rings. The van der Waals surface area contributed by atoms with E-state index in [1.807, 2.05) is 6.92 Å². The summed E-state index contributed by atoms with van der Waals surface area (Å²) < 4.78 is 46.9. The minimum absolute atomic E-state index is 0.0373. The topological polar surface area (TPSA) is 82.2 Å². The third-order valence-electron chi connectivity index (χ3n) is 6.30. The molecule has 1 amide bonds. The number of nitrogens with zero attached hydrogens (tertiary/aromatic N) is 2. The van der Waals surface area contributed by atoms with Crippen molar-refractivity contribution >= 4 is 23.2 Å². The molecule has 0 bridgehead atoms. The van der Waals surface area contributed by atoms with E-state index in [9.17, 15) is 18.0 Å².